The van der Waals surface area contributed by atoms with E-state index in [1.165, 1.54) is 17.5 Å². The third kappa shape index (κ3) is 1.98. The largest absolute Gasteiger partial charge is 0.481 e. The Balaban J connectivity index is 1.42. The molecule has 24 heavy (non-hydrogen) atoms. The fourth-order valence-corrected chi connectivity index (χ4v) is 5.45. The Bertz CT molecular complexity index is 768. The molecule has 1 aromatic rings. The molecule has 0 heterocycles. The maximum Gasteiger partial charge on any atom is 0.307 e. The highest BCUT2D eigenvalue weighted by atomic mass is 16.4. The predicted octanol–water partition coefficient (Wildman–Crippen LogP) is 2.88. The normalized spacial score (nSPS) is 37.7. The molecule has 5 aliphatic rings. The smallest absolute Gasteiger partial charge is 0.307 e. The standard InChI is InChI=1S/C20H21NO3/c22-19(21-12-5-4-10-2-1-3-11(10)8-12)17-13-6-7-14(16-9-15(13)16)18(17)20(23)24/h4-8,13-18H,1-3,9H2,(H,21,22)(H,23,24)/t13-,14-,15-,16+,17+,18+/m0/s1. The van der Waals surface area contributed by atoms with Gasteiger partial charge in [0.1, 0.15) is 0 Å². The number of allylic oxidation sites excluding steroid dienone is 2. The molecular weight excluding hydrogens is 302 g/mol. The van der Waals surface area contributed by atoms with Gasteiger partial charge in [-0.15, -0.1) is 0 Å². The third-order valence-corrected chi connectivity index (χ3v) is 6.61. The minimum absolute atomic E-state index is 0.0354. The number of carbonyl (C=O) groups is 2. The lowest BCUT2D eigenvalue weighted by atomic mass is 9.62. The Morgan fingerprint density at radius 3 is 2.46 bits per heavy atom. The molecule has 2 N–H and O–H groups in total. The Morgan fingerprint density at radius 2 is 1.71 bits per heavy atom. The molecular formula is C20H21NO3. The molecule has 6 rings (SSSR count). The van der Waals surface area contributed by atoms with Crippen LogP contribution in [0.3, 0.4) is 0 Å². The van der Waals surface area contributed by atoms with E-state index in [4.69, 9.17) is 0 Å². The highest BCUT2D eigenvalue weighted by Crippen LogP contribution is 2.63. The summed E-state index contributed by atoms with van der Waals surface area (Å²) in [5.74, 6) is -0.813. The van der Waals surface area contributed by atoms with Gasteiger partial charge in [0.2, 0.25) is 5.91 Å². The van der Waals surface area contributed by atoms with Crippen LogP contribution in [0.2, 0.25) is 0 Å². The molecule has 5 aliphatic carbocycles. The Hall–Kier alpha value is -2.10. The molecule has 0 spiro atoms. The molecule has 2 saturated carbocycles. The highest BCUT2D eigenvalue weighted by Gasteiger charge is 2.62. The molecule has 2 bridgehead atoms. The van der Waals surface area contributed by atoms with Gasteiger partial charge in [-0.3, -0.25) is 9.59 Å². The number of hydrogen-bond acceptors (Lipinski definition) is 2. The van der Waals surface area contributed by atoms with Gasteiger partial charge in [-0.1, -0.05) is 18.2 Å². The van der Waals surface area contributed by atoms with E-state index in [0.29, 0.717) is 11.8 Å². The van der Waals surface area contributed by atoms with Gasteiger partial charge >= 0.3 is 5.97 Å². The number of carbonyl (C=O) groups excluding carboxylic acids is 1. The molecule has 1 amide bonds. The van der Waals surface area contributed by atoms with E-state index in [0.717, 1.165) is 24.9 Å². The van der Waals surface area contributed by atoms with Crippen LogP contribution in [-0.4, -0.2) is 17.0 Å². The number of amides is 1. The average molecular weight is 323 g/mol. The molecule has 2 fully saturated rings. The van der Waals surface area contributed by atoms with Crippen LogP contribution in [-0.2, 0) is 22.4 Å². The van der Waals surface area contributed by atoms with E-state index >= 15 is 0 Å². The van der Waals surface area contributed by atoms with Crippen molar-refractivity contribution >= 4 is 17.6 Å². The van der Waals surface area contributed by atoms with Gasteiger partial charge in [-0.05, 0) is 72.6 Å². The third-order valence-electron chi connectivity index (χ3n) is 6.61. The summed E-state index contributed by atoms with van der Waals surface area (Å²) in [7, 11) is 0. The quantitative estimate of drug-likeness (QED) is 0.841. The van der Waals surface area contributed by atoms with E-state index in [2.05, 4.69) is 29.6 Å². The number of carboxylic acids is 1. The summed E-state index contributed by atoms with van der Waals surface area (Å²) in [6.45, 7) is 0. The topological polar surface area (TPSA) is 66.4 Å². The first-order valence-corrected chi connectivity index (χ1v) is 8.97. The molecule has 0 unspecified atom stereocenters. The molecule has 1 aromatic carbocycles. The maximum atomic E-state index is 12.9. The molecule has 4 nitrogen and oxygen atoms in total. The summed E-state index contributed by atoms with van der Waals surface area (Å²) in [5, 5.41) is 12.7. The number of nitrogens with one attached hydrogen (secondary N) is 1. The van der Waals surface area contributed by atoms with Gasteiger partial charge in [0.15, 0.2) is 0 Å². The van der Waals surface area contributed by atoms with E-state index < -0.39 is 17.8 Å². The second kappa shape index (κ2) is 4.95. The lowest BCUT2D eigenvalue weighted by Crippen LogP contribution is -2.48. The first kappa shape index (κ1) is 14.3. The van der Waals surface area contributed by atoms with Crippen molar-refractivity contribution in [1.82, 2.24) is 0 Å². The number of carboxylic acid groups (broad SMARTS) is 1. The summed E-state index contributed by atoms with van der Waals surface area (Å²) in [6, 6.07) is 6.11. The van der Waals surface area contributed by atoms with Crippen LogP contribution in [0.25, 0.3) is 0 Å². The van der Waals surface area contributed by atoms with Crippen LogP contribution in [0.5, 0.6) is 0 Å². The van der Waals surface area contributed by atoms with Gasteiger partial charge in [-0.25, -0.2) is 0 Å². The Labute approximate surface area is 140 Å². The number of aliphatic carboxylic acids is 1. The second-order valence-corrected chi connectivity index (χ2v) is 7.82. The van der Waals surface area contributed by atoms with Crippen molar-refractivity contribution in [2.75, 3.05) is 5.32 Å². The monoisotopic (exact) mass is 323 g/mol. The molecule has 124 valence electrons. The van der Waals surface area contributed by atoms with Gasteiger partial charge < -0.3 is 10.4 Å². The van der Waals surface area contributed by atoms with Crippen LogP contribution in [0, 0.1) is 35.5 Å². The molecule has 6 atom stereocenters. The first-order chi connectivity index (χ1) is 11.6. The number of aryl methyl sites for hydroxylation is 2. The van der Waals surface area contributed by atoms with Gasteiger partial charge in [-0.2, -0.15) is 0 Å². The maximum absolute atomic E-state index is 12.9. The summed E-state index contributed by atoms with van der Waals surface area (Å²) in [6.07, 6.45) is 8.59. The second-order valence-electron chi connectivity index (χ2n) is 7.82. The minimum atomic E-state index is -0.825. The summed E-state index contributed by atoms with van der Waals surface area (Å²) in [5.41, 5.74) is 3.49. The fourth-order valence-electron chi connectivity index (χ4n) is 5.45. The van der Waals surface area contributed by atoms with E-state index in [1.807, 2.05) is 6.07 Å². The van der Waals surface area contributed by atoms with Crippen LogP contribution in [0.1, 0.15) is 24.0 Å². The SMILES string of the molecule is O=C(O)[C@@H]1[C@H]2C=C[C@@H]([C@@H]3C[C@H]23)[C@H]1C(=O)Nc1ccc2c(c1)CCC2. The minimum Gasteiger partial charge on any atom is -0.481 e. The number of hydrogen-bond donors (Lipinski definition) is 2. The predicted molar refractivity (Wildman–Crippen MR) is 89.4 cm³/mol. The Morgan fingerprint density at radius 1 is 1.00 bits per heavy atom. The zero-order valence-electron chi connectivity index (χ0n) is 13.4. The molecule has 0 radical (unpaired) electrons. The van der Waals surface area contributed by atoms with Crippen LogP contribution < -0.4 is 5.32 Å². The number of rotatable bonds is 3. The number of benzene rings is 1. The van der Waals surface area contributed by atoms with Crippen LogP contribution in [0.15, 0.2) is 30.4 Å². The Kier molecular flexibility index (Phi) is 2.94. The zero-order chi connectivity index (χ0) is 16.4. The van der Waals surface area contributed by atoms with Crippen molar-refractivity contribution < 1.29 is 14.7 Å². The van der Waals surface area contributed by atoms with E-state index in [-0.39, 0.29) is 17.7 Å². The van der Waals surface area contributed by atoms with E-state index in [1.54, 1.807) is 0 Å². The molecule has 4 heteroatoms. The van der Waals surface area contributed by atoms with E-state index in [9.17, 15) is 14.7 Å². The van der Waals surface area contributed by atoms with Crippen molar-refractivity contribution in [1.29, 1.82) is 0 Å². The zero-order valence-corrected chi connectivity index (χ0v) is 13.4. The fraction of sp³-hybridized carbons (Fsp3) is 0.500. The van der Waals surface area contributed by atoms with Crippen molar-refractivity contribution in [3.63, 3.8) is 0 Å². The molecule has 0 aromatic heterocycles. The summed E-state index contributed by atoms with van der Waals surface area (Å²) >= 11 is 0. The van der Waals surface area contributed by atoms with Crippen molar-refractivity contribution in [3.05, 3.63) is 41.5 Å². The number of fused-ring (bicyclic) bond motifs is 2. The highest BCUT2D eigenvalue weighted by molar-refractivity contribution is 5.96. The van der Waals surface area contributed by atoms with Gasteiger partial charge in [0.25, 0.3) is 0 Å². The van der Waals surface area contributed by atoms with Gasteiger partial charge in [0, 0.05) is 5.69 Å². The van der Waals surface area contributed by atoms with Crippen LogP contribution >= 0.6 is 0 Å². The number of anilines is 1. The van der Waals surface area contributed by atoms with Crippen molar-refractivity contribution in [2.24, 2.45) is 35.5 Å². The molecule has 0 aliphatic heterocycles. The summed E-state index contributed by atoms with van der Waals surface area (Å²) in [4.78, 5) is 24.7. The van der Waals surface area contributed by atoms with Gasteiger partial charge in [0.05, 0.1) is 11.8 Å². The van der Waals surface area contributed by atoms with Crippen LogP contribution in [0.4, 0.5) is 5.69 Å². The lowest BCUT2D eigenvalue weighted by Gasteiger charge is -2.41. The first-order valence-electron chi connectivity index (χ1n) is 8.97. The molecule has 0 saturated heterocycles. The van der Waals surface area contributed by atoms with Crippen molar-refractivity contribution in [3.8, 4) is 0 Å². The average Bonchev–Trinajstić information content (AvgIpc) is 3.28. The van der Waals surface area contributed by atoms with Crippen molar-refractivity contribution in [2.45, 2.75) is 25.7 Å². The lowest BCUT2D eigenvalue weighted by molar-refractivity contribution is -0.152. The summed E-state index contributed by atoms with van der Waals surface area (Å²) < 4.78 is 0.